The van der Waals surface area contributed by atoms with Crippen molar-refractivity contribution in [1.82, 2.24) is 14.5 Å². The predicted molar refractivity (Wildman–Crippen MR) is 112 cm³/mol. The number of aromatic nitrogens is 3. The lowest BCUT2D eigenvalue weighted by Gasteiger charge is -2.12. The van der Waals surface area contributed by atoms with Crippen LogP contribution >= 0.6 is 0 Å². The average Bonchev–Trinajstić information content (AvgIpc) is 3.34. The molecule has 0 amide bonds. The Balaban J connectivity index is 1.82. The minimum Gasteiger partial charge on any atom is -0.467 e. The summed E-state index contributed by atoms with van der Waals surface area (Å²) in [6.07, 6.45) is 3.50. The molecule has 0 radical (unpaired) electrons. The van der Waals surface area contributed by atoms with Crippen LogP contribution in [0.4, 0.5) is 5.82 Å². The van der Waals surface area contributed by atoms with Crippen LogP contribution in [0, 0.1) is 5.92 Å². The number of ether oxygens (including phenoxy) is 1. The van der Waals surface area contributed by atoms with Gasteiger partial charge in [-0.2, -0.15) is 0 Å². The zero-order valence-corrected chi connectivity index (χ0v) is 16.6. The molecule has 150 valence electrons. The number of benzene rings is 1. The molecule has 0 saturated heterocycles. The van der Waals surface area contributed by atoms with Crippen molar-refractivity contribution < 1.29 is 13.9 Å². The average molecular weight is 392 g/mol. The summed E-state index contributed by atoms with van der Waals surface area (Å²) in [7, 11) is 0. The summed E-state index contributed by atoms with van der Waals surface area (Å²) in [4.78, 5) is 22.4. The van der Waals surface area contributed by atoms with Gasteiger partial charge in [0.1, 0.15) is 22.7 Å². The smallest absolute Gasteiger partial charge is 0.344 e. The number of rotatable bonds is 7. The fraction of sp³-hybridized carbons (Fsp3) is 0.318. The number of hydrogen-bond acceptors (Lipinski definition) is 6. The van der Waals surface area contributed by atoms with Gasteiger partial charge in [-0.15, -0.1) is 0 Å². The van der Waals surface area contributed by atoms with Crippen LogP contribution in [0.2, 0.25) is 0 Å². The van der Waals surface area contributed by atoms with E-state index in [-0.39, 0.29) is 11.4 Å². The highest BCUT2D eigenvalue weighted by molar-refractivity contribution is 6.08. The molecule has 4 rings (SSSR count). The first kappa shape index (κ1) is 19.0. The van der Waals surface area contributed by atoms with Crippen molar-refractivity contribution in [2.75, 3.05) is 12.3 Å². The summed E-state index contributed by atoms with van der Waals surface area (Å²) in [5.74, 6) is 0.840. The molecule has 0 saturated carbocycles. The molecule has 0 atom stereocenters. The second-order valence-corrected chi connectivity index (χ2v) is 7.09. The molecule has 0 spiro atoms. The van der Waals surface area contributed by atoms with Crippen LogP contribution in [0.1, 0.15) is 42.8 Å². The first-order valence-corrected chi connectivity index (χ1v) is 9.86. The normalized spacial score (nSPS) is 11.6. The third kappa shape index (κ3) is 3.55. The molecule has 7 nitrogen and oxygen atoms in total. The van der Waals surface area contributed by atoms with Crippen LogP contribution in [0.5, 0.6) is 0 Å². The topological polar surface area (TPSA) is 96.2 Å². The quantitative estimate of drug-likeness (QED) is 0.468. The molecular weight excluding hydrogens is 368 g/mol. The predicted octanol–water partition coefficient (Wildman–Crippen LogP) is 4.40. The van der Waals surface area contributed by atoms with E-state index in [4.69, 9.17) is 19.9 Å². The Morgan fingerprint density at radius 3 is 2.52 bits per heavy atom. The van der Waals surface area contributed by atoms with Gasteiger partial charge in [0.2, 0.25) is 0 Å². The third-order valence-corrected chi connectivity index (χ3v) is 5.29. The molecule has 0 unspecified atom stereocenters. The Labute approximate surface area is 168 Å². The van der Waals surface area contributed by atoms with Gasteiger partial charge in [0, 0.05) is 0 Å². The van der Waals surface area contributed by atoms with Crippen LogP contribution < -0.4 is 5.73 Å². The molecule has 29 heavy (non-hydrogen) atoms. The van der Waals surface area contributed by atoms with Gasteiger partial charge in [0.15, 0.2) is 5.65 Å². The van der Waals surface area contributed by atoms with Gasteiger partial charge in [0.05, 0.1) is 30.4 Å². The minimum atomic E-state index is -0.470. The largest absolute Gasteiger partial charge is 0.467 e. The fourth-order valence-corrected chi connectivity index (χ4v) is 3.43. The lowest BCUT2D eigenvalue weighted by Crippen LogP contribution is -2.15. The monoisotopic (exact) mass is 392 g/mol. The molecule has 0 bridgehead atoms. The number of anilines is 1. The highest BCUT2D eigenvalue weighted by Crippen LogP contribution is 2.29. The number of esters is 1. The maximum atomic E-state index is 13.0. The summed E-state index contributed by atoms with van der Waals surface area (Å²) in [5, 5.41) is 0. The number of carbonyl (C=O) groups excluding carboxylic acids is 1. The number of nitrogens with zero attached hydrogens (tertiary/aromatic N) is 3. The summed E-state index contributed by atoms with van der Waals surface area (Å²) in [6.45, 7) is 4.88. The van der Waals surface area contributed by atoms with E-state index in [2.05, 4.69) is 18.8 Å². The van der Waals surface area contributed by atoms with Crippen LogP contribution in [0.15, 0.2) is 47.1 Å². The molecule has 0 aliphatic carbocycles. The summed E-state index contributed by atoms with van der Waals surface area (Å²) in [6, 6.07) is 11.2. The van der Waals surface area contributed by atoms with Gasteiger partial charge >= 0.3 is 5.97 Å². The number of fused-ring (bicyclic) bond motifs is 2. The molecule has 2 N–H and O–H groups in total. The number of carbonyl (C=O) groups is 1. The first-order valence-electron chi connectivity index (χ1n) is 9.86. The van der Waals surface area contributed by atoms with Crippen LogP contribution in [-0.2, 0) is 11.3 Å². The number of para-hydroxylation sites is 2. The van der Waals surface area contributed by atoms with E-state index in [1.54, 1.807) is 10.8 Å². The Bertz CT molecular complexity index is 1140. The van der Waals surface area contributed by atoms with Crippen molar-refractivity contribution in [2.24, 2.45) is 5.92 Å². The number of nitrogen functional groups attached to an aromatic ring is 1. The van der Waals surface area contributed by atoms with Gasteiger partial charge in [-0.1, -0.05) is 38.8 Å². The van der Waals surface area contributed by atoms with E-state index in [9.17, 15) is 4.79 Å². The first-order chi connectivity index (χ1) is 14.1. The minimum absolute atomic E-state index is 0.260. The lowest BCUT2D eigenvalue weighted by atomic mass is 10.1. The van der Waals surface area contributed by atoms with E-state index in [0.717, 1.165) is 18.4 Å². The Kier molecular flexibility index (Phi) is 5.20. The van der Waals surface area contributed by atoms with E-state index in [1.807, 2.05) is 36.4 Å². The number of hydrogen-bond donors (Lipinski definition) is 1. The SMILES string of the molecule is CCC(CC)COC(=O)c1c(N)n(Cc2ccco2)c2nc3ccccc3nc12. The molecule has 4 aromatic rings. The van der Waals surface area contributed by atoms with Crippen molar-refractivity contribution in [3.8, 4) is 0 Å². The Hall–Kier alpha value is -3.35. The second-order valence-electron chi connectivity index (χ2n) is 7.09. The van der Waals surface area contributed by atoms with Gasteiger partial charge < -0.3 is 19.5 Å². The van der Waals surface area contributed by atoms with E-state index < -0.39 is 5.97 Å². The van der Waals surface area contributed by atoms with E-state index in [0.29, 0.717) is 41.5 Å². The number of furan rings is 1. The number of nitrogens with two attached hydrogens (primary N) is 1. The molecular formula is C22H24N4O3. The second kappa shape index (κ2) is 7.95. The lowest BCUT2D eigenvalue weighted by molar-refractivity contribution is 0.0436. The summed E-state index contributed by atoms with van der Waals surface area (Å²) >= 11 is 0. The van der Waals surface area contributed by atoms with Gasteiger partial charge in [-0.25, -0.2) is 14.8 Å². The zero-order chi connectivity index (χ0) is 20.4. The van der Waals surface area contributed by atoms with Crippen molar-refractivity contribution in [1.29, 1.82) is 0 Å². The van der Waals surface area contributed by atoms with Crippen molar-refractivity contribution in [3.63, 3.8) is 0 Å². The fourth-order valence-electron chi connectivity index (χ4n) is 3.43. The summed E-state index contributed by atoms with van der Waals surface area (Å²) in [5.41, 5.74) is 9.08. The van der Waals surface area contributed by atoms with Crippen molar-refractivity contribution in [2.45, 2.75) is 33.2 Å². The van der Waals surface area contributed by atoms with E-state index >= 15 is 0 Å². The molecule has 0 aliphatic heterocycles. The molecule has 3 heterocycles. The van der Waals surface area contributed by atoms with Crippen molar-refractivity contribution in [3.05, 3.63) is 54.0 Å². The van der Waals surface area contributed by atoms with Crippen LogP contribution in [-0.4, -0.2) is 27.1 Å². The van der Waals surface area contributed by atoms with Gasteiger partial charge in [-0.05, 0) is 30.2 Å². The standard InChI is InChI=1S/C22H24N4O3/c1-3-14(4-2)13-29-22(27)18-19-21(25-17-10-6-5-9-16(17)24-19)26(20(18)23)12-15-8-7-11-28-15/h5-11,14H,3-4,12-13,23H2,1-2H3. The highest BCUT2D eigenvalue weighted by atomic mass is 16.5. The molecule has 7 heteroatoms. The molecule has 3 aromatic heterocycles. The van der Waals surface area contributed by atoms with Crippen LogP contribution in [0.3, 0.4) is 0 Å². The van der Waals surface area contributed by atoms with Gasteiger partial charge in [0.25, 0.3) is 0 Å². The van der Waals surface area contributed by atoms with Gasteiger partial charge in [-0.3, -0.25) is 0 Å². The highest BCUT2D eigenvalue weighted by Gasteiger charge is 2.26. The molecule has 0 fully saturated rings. The van der Waals surface area contributed by atoms with E-state index in [1.165, 1.54) is 0 Å². The maximum Gasteiger partial charge on any atom is 0.344 e. The zero-order valence-electron chi connectivity index (χ0n) is 16.6. The molecule has 0 aliphatic rings. The Morgan fingerprint density at radius 1 is 1.14 bits per heavy atom. The van der Waals surface area contributed by atoms with Crippen LogP contribution in [0.25, 0.3) is 22.2 Å². The Morgan fingerprint density at radius 2 is 1.86 bits per heavy atom. The molecule has 1 aromatic carbocycles. The third-order valence-electron chi connectivity index (χ3n) is 5.29. The van der Waals surface area contributed by atoms with Crippen molar-refractivity contribution >= 4 is 34.0 Å². The maximum absolute atomic E-state index is 13.0. The summed E-state index contributed by atoms with van der Waals surface area (Å²) < 4.78 is 12.8.